The third-order valence-electron chi connectivity index (χ3n) is 4.44. The number of benzene rings is 2. The summed E-state index contributed by atoms with van der Waals surface area (Å²) in [5, 5.41) is 0. The maximum absolute atomic E-state index is 5.51. The van der Waals surface area contributed by atoms with Crippen LogP contribution in [-0.2, 0) is 6.42 Å². The van der Waals surface area contributed by atoms with Crippen molar-refractivity contribution in [3.05, 3.63) is 54.2 Å². The molecule has 128 valence electrons. The van der Waals surface area contributed by atoms with Crippen LogP contribution in [0.3, 0.4) is 0 Å². The van der Waals surface area contributed by atoms with E-state index in [0.717, 1.165) is 28.4 Å². The van der Waals surface area contributed by atoms with E-state index in [-0.39, 0.29) is 0 Å². The number of rotatable bonds is 6. The minimum absolute atomic E-state index is 0.686. The maximum atomic E-state index is 5.51. The Labute approximate surface area is 151 Å². The van der Waals surface area contributed by atoms with E-state index in [2.05, 4.69) is 47.9 Å². The number of fused-ring (bicyclic) bond motifs is 3. The second kappa shape index (κ2) is 6.89. The van der Waals surface area contributed by atoms with Crippen LogP contribution in [0.5, 0.6) is 5.75 Å². The zero-order valence-electron chi connectivity index (χ0n) is 14.7. The number of aryl methyl sites for hydroxylation is 1. The van der Waals surface area contributed by atoms with Gasteiger partial charge < -0.3 is 4.74 Å². The van der Waals surface area contributed by atoms with Crippen molar-refractivity contribution in [2.45, 2.75) is 33.1 Å². The van der Waals surface area contributed by atoms with Crippen molar-refractivity contribution in [2.75, 3.05) is 6.61 Å². The van der Waals surface area contributed by atoms with Gasteiger partial charge in [0.1, 0.15) is 5.75 Å². The largest absolute Gasteiger partial charge is 0.494 e. The summed E-state index contributed by atoms with van der Waals surface area (Å²) in [6.45, 7) is 4.92. The molecular formula is C21H22N2OS. The number of hydrogen-bond donors (Lipinski definition) is 0. The topological polar surface area (TPSA) is 26.5 Å². The normalized spacial score (nSPS) is 11.4. The smallest absolute Gasteiger partial charge is 0.195 e. The quantitative estimate of drug-likeness (QED) is 0.429. The molecule has 0 radical (unpaired) electrons. The fourth-order valence-corrected chi connectivity index (χ4v) is 4.18. The number of unbranched alkanes of at least 4 members (excludes halogenated alkanes) is 1. The highest BCUT2D eigenvalue weighted by molar-refractivity contribution is 7.23. The summed E-state index contributed by atoms with van der Waals surface area (Å²) in [5.74, 6) is 0.900. The lowest BCUT2D eigenvalue weighted by Gasteiger charge is -2.03. The minimum Gasteiger partial charge on any atom is -0.494 e. The molecule has 0 spiro atoms. The van der Waals surface area contributed by atoms with Gasteiger partial charge in [-0.25, -0.2) is 4.98 Å². The van der Waals surface area contributed by atoms with Gasteiger partial charge in [0.2, 0.25) is 0 Å². The summed E-state index contributed by atoms with van der Waals surface area (Å²) in [7, 11) is 0. The average Bonchev–Trinajstić information content (AvgIpc) is 3.18. The van der Waals surface area contributed by atoms with Gasteiger partial charge in [0, 0.05) is 11.8 Å². The Morgan fingerprint density at radius 2 is 1.92 bits per heavy atom. The molecule has 3 nitrogen and oxygen atoms in total. The molecule has 0 amide bonds. The second-order valence-corrected chi connectivity index (χ2v) is 7.25. The molecule has 4 rings (SSSR count). The van der Waals surface area contributed by atoms with Crippen molar-refractivity contribution >= 4 is 26.5 Å². The number of imidazole rings is 1. The molecule has 2 aromatic heterocycles. The van der Waals surface area contributed by atoms with E-state index < -0.39 is 0 Å². The molecule has 0 saturated heterocycles. The summed E-state index contributed by atoms with van der Waals surface area (Å²) in [5.41, 5.74) is 4.79. The highest BCUT2D eigenvalue weighted by Gasteiger charge is 2.11. The first-order valence-electron chi connectivity index (χ1n) is 8.92. The van der Waals surface area contributed by atoms with Crippen molar-refractivity contribution in [3.8, 4) is 17.0 Å². The number of ether oxygens (including phenoxy) is 1. The van der Waals surface area contributed by atoms with E-state index >= 15 is 0 Å². The van der Waals surface area contributed by atoms with Gasteiger partial charge in [-0.05, 0) is 61.7 Å². The summed E-state index contributed by atoms with van der Waals surface area (Å²) >= 11 is 1.76. The van der Waals surface area contributed by atoms with Crippen LogP contribution >= 0.6 is 11.3 Å². The first-order chi connectivity index (χ1) is 12.3. The number of nitrogens with zero attached hydrogens (tertiary/aromatic N) is 2. The van der Waals surface area contributed by atoms with Crippen LogP contribution in [-0.4, -0.2) is 16.0 Å². The Bertz CT molecular complexity index is 998. The molecule has 0 fully saturated rings. The van der Waals surface area contributed by atoms with Crippen LogP contribution in [0, 0.1) is 0 Å². The third kappa shape index (κ3) is 3.14. The van der Waals surface area contributed by atoms with E-state index in [1.807, 2.05) is 19.1 Å². The SMILES string of the molecule is CCCCc1ccc2c(c1)sc1nc(-c3ccc(OCC)cc3)cn12. The van der Waals surface area contributed by atoms with Crippen molar-refractivity contribution < 1.29 is 4.74 Å². The highest BCUT2D eigenvalue weighted by Crippen LogP contribution is 2.31. The van der Waals surface area contributed by atoms with Crippen molar-refractivity contribution in [3.63, 3.8) is 0 Å². The Morgan fingerprint density at radius 1 is 1.08 bits per heavy atom. The van der Waals surface area contributed by atoms with Crippen LogP contribution in [0.15, 0.2) is 48.7 Å². The summed E-state index contributed by atoms with van der Waals surface area (Å²) in [6.07, 6.45) is 5.77. The molecule has 0 saturated carbocycles. The molecule has 0 aliphatic rings. The zero-order chi connectivity index (χ0) is 17.2. The van der Waals surface area contributed by atoms with E-state index in [0.29, 0.717) is 6.61 Å². The summed E-state index contributed by atoms with van der Waals surface area (Å²) < 4.78 is 9.03. The number of thiazole rings is 1. The lowest BCUT2D eigenvalue weighted by atomic mass is 10.1. The van der Waals surface area contributed by atoms with Gasteiger partial charge in [-0.15, -0.1) is 0 Å². The standard InChI is InChI=1S/C21H22N2OS/c1-3-5-6-15-7-12-19-20(13-15)25-21-22-18(14-23(19)21)16-8-10-17(11-9-16)24-4-2/h7-14H,3-6H2,1-2H3. The molecule has 2 heterocycles. The molecule has 0 aliphatic heterocycles. The lowest BCUT2D eigenvalue weighted by Crippen LogP contribution is -1.90. The van der Waals surface area contributed by atoms with Gasteiger partial charge >= 0.3 is 0 Å². The average molecular weight is 350 g/mol. The fourth-order valence-electron chi connectivity index (χ4n) is 3.11. The van der Waals surface area contributed by atoms with Crippen LogP contribution < -0.4 is 4.74 Å². The van der Waals surface area contributed by atoms with Crippen molar-refractivity contribution in [2.24, 2.45) is 0 Å². The zero-order valence-corrected chi connectivity index (χ0v) is 15.5. The van der Waals surface area contributed by atoms with Gasteiger partial charge in [-0.1, -0.05) is 30.7 Å². The van der Waals surface area contributed by atoms with Crippen molar-refractivity contribution in [1.29, 1.82) is 0 Å². The molecule has 0 aliphatic carbocycles. The van der Waals surface area contributed by atoms with Crippen molar-refractivity contribution in [1.82, 2.24) is 9.38 Å². The third-order valence-corrected chi connectivity index (χ3v) is 5.46. The van der Waals surface area contributed by atoms with Gasteiger partial charge in [-0.2, -0.15) is 0 Å². The predicted molar refractivity (Wildman–Crippen MR) is 106 cm³/mol. The number of aromatic nitrogens is 2. The maximum Gasteiger partial charge on any atom is 0.195 e. The van der Waals surface area contributed by atoms with Gasteiger partial charge in [0.05, 0.1) is 22.5 Å². The van der Waals surface area contributed by atoms with Gasteiger partial charge in [0.15, 0.2) is 4.96 Å². The fraction of sp³-hybridized carbons (Fsp3) is 0.286. The molecular weight excluding hydrogens is 328 g/mol. The molecule has 4 aromatic rings. The first-order valence-corrected chi connectivity index (χ1v) is 9.74. The molecule has 0 atom stereocenters. The Balaban J connectivity index is 1.68. The monoisotopic (exact) mass is 350 g/mol. The van der Waals surface area contributed by atoms with Crippen LogP contribution in [0.1, 0.15) is 32.3 Å². The minimum atomic E-state index is 0.686. The van der Waals surface area contributed by atoms with Crippen LogP contribution in [0.4, 0.5) is 0 Å². The molecule has 0 unspecified atom stereocenters. The van der Waals surface area contributed by atoms with Crippen LogP contribution in [0.25, 0.3) is 26.4 Å². The van der Waals surface area contributed by atoms with Gasteiger partial charge in [-0.3, -0.25) is 4.40 Å². The molecule has 0 bridgehead atoms. The molecule has 25 heavy (non-hydrogen) atoms. The summed E-state index contributed by atoms with van der Waals surface area (Å²) in [6, 6.07) is 15.0. The van der Waals surface area contributed by atoms with E-state index in [1.165, 1.54) is 28.6 Å². The van der Waals surface area contributed by atoms with E-state index in [4.69, 9.17) is 9.72 Å². The van der Waals surface area contributed by atoms with Crippen LogP contribution in [0.2, 0.25) is 0 Å². The predicted octanol–water partition coefficient (Wildman–Crippen LogP) is 5.96. The summed E-state index contributed by atoms with van der Waals surface area (Å²) in [4.78, 5) is 5.88. The van der Waals surface area contributed by atoms with E-state index in [9.17, 15) is 0 Å². The lowest BCUT2D eigenvalue weighted by molar-refractivity contribution is 0.340. The van der Waals surface area contributed by atoms with Gasteiger partial charge in [0.25, 0.3) is 0 Å². The highest BCUT2D eigenvalue weighted by atomic mass is 32.1. The molecule has 4 heteroatoms. The Kier molecular flexibility index (Phi) is 4.45. The molecule has 2 aromatic carbocycles. The molecule has 0 N–H and O–H groups in total. The number of hydrogen-bond acceptors (Lipinski definition) is 3. The van der Waals surface area contributed by atoms with E-state index in [1.54, 1.807) is 11.3 Å². The Morgan fingerprint density at radius 3 is 2.68 bits per heavy atom. The second-order valence-electron chi connectivity index (χ2n) is 6.24. The Hall–Kier alpha value is -2.33. The first kappa shape index (κ1) is 16.2.